The molecule has 1 fully saturated rings. The van der Waals surface area contributed by atoms with Crippen LogP contribution in [0.15, 0.2) is 18.2 Å². The first-order valence-electron chi connectivity index (χ1n) is 8.51. The van der Waals surface area contributed by atoms with Crippen LogP contribution in [0.5, 0.6) is 0 Å². The van der Waals surface area contributed by atoms with E-state index in [1.54, 1.807) is 11.8 Å². The van der Waals surface area contributed by atoms with Gasteiger partial charge in [0, 0.05) is 25.2 Å². The number of hydrogen-bond donors (Lipinski definition) is 2. The third-order valence-corrected chi connectivity index (χ3v) is 4.21. The van der Waals surface area contributed by atoms with Gasteiger partial charge in [-0.25, -0.2) is 9.59 Å². The first-order chi connectivity index (χ1) is 11.6. The molecule has 2 atom stereocenters. The second-order valence-electron chi connectivity index (χ2n) is 7.68. The number of amides is 2. The molecule has 2 heterocycles. The van der Waals surface area contributed by atoms with E-state index in [0.29, 0.717) is 26.1 Å². The number of rotatable bonds is 6. The largest absolute Gasteiger partial charge is 0.480 e. The second-order valence-corrected chi connectivity index (χ2v) is 7.68. The summed E-state index contributed by atoms with van der Waals surface area (Å²) >= 11 is 0. The quantitative estimate of drug-likeness (QED) is 0.816. The molecule has 25 heavy (non-hydrogen) atoms. The van der Waals surface area contributed by atoms with Gasteiger partial charge in [0.15, 0.2) is 0 Å². The van der Waals surface area contributed by atoms with Gasteiger partial charge >= 0.3 is 12.0 Å². The van der Waals surface area contributed by atoms with Crippen molar-refractivity contribution < 1.29 is 19.8 Å². The molecule has 1 aromatic rings. The Morgan fingerprint density at radius 3 is 2.48 bits per heavy atom. The average Bonchev–Trinajstić information content (AvgIpc) is 2.78. The number of pyridine rings is 1. The minimum atomic E-state index is -0.986. The Bertz CT molecular complexity index is 639. The summed E-state index contributed by atoms with van der Waals surface area (Å²) in [5, 5.41) is 19.0. The molecular weight excluding hydrogens is 322 g/mol. The Labute approximate surface area is 148 Å². The molecule has 0 aromatic carbocycles. The van der Waals surface area contributed by atoms with Gasteiger partial charge in [0.05, 0.1) is 18.3 Å². The topological polar surface area (TPSA) is 94.0 Å². The van der Waals surface area contributed by atoms with Crippen LogP contribution in [0.25, 0.3) is 0 Å². The maximum absolute atomic E-state index is 12.7. The van der Waals surface area contributed by atoms with Crippen LogP contribution >= 0.6 is 0 Å². The summed E-state index contributed by atoms with van der Waals surface area (Å²) in [6.45, 7) is 8.37. The molecule has 0 radical (unpaired) electrons. The summed E-state index contributed by atoms with van der Waals surface area (Å²) in [5.74, 6) is -0.986. The molecule has 1 saturated heterocycles. The number of aliphatic hydroxyl groups excluding tert-OH is 1. The summed E-state index contributed by atoms with van der Waals surface area (Å²) in [7, 11) is 0. The lowest BCUT2D eigenvalue weighted by atomic mass is 9.86. The Morgan fingerprint density at radius 1 is 1.28 bits per heavy atom. The molecule has 2 N–H and O–H groups in total. The molecule has 0 aliphatic carbocycles. The van der Waals surface area contributed by atoms with E-state index in [-0.39, 0.29) is 6.03 Å². The number of carbonyl (C=O) groups is 2. The highest BCUT2D eigenvalue weighted by atomic mass is 16.4. The van der Waals surface area contributed by atoms with E-state index in [4.69, 9.17) is 0 Å². The van der Waals surface area contributed by atoms with Gasteiger partial charge in [-0.2, -0.15) is 0 Å². The lowest BCUT2D eigenvalue weighted by Gasteiger charge is -2.34. The van der Waals surface area contributed by atoms with Crippen LogP contribution in [-0.2, 0) is 17.8 Å². The molecule has 1 aromatic heterocycles. The number of aromatic nitrogens is 1. The number of carboxylic acid groups (broad SMARTS) is 1. The van der Waals surface area contributed by atoms with Crippen molar-refractivity contribution in [3.05, 3.63) is 29.6 Å². The van der Waals surface area contributed by atoms with Gasteiger partial charge < -0.3 is 20.0 Å². The standard InChI is InChI=1S/C18H27N3O4/c1-12(22)10-13-6-5-7-14(19-13)11-20-8-9-21(17(20)25)15(16(23)24)18(2,3)4/h5-7,12,15,22H,8-11H2,1-4H3,(H,23,24)/t12?,15-/m1/s1. The highest BCUT2D eigenvalue weighted by Gasteiger charge is 2.43. The molecule has 2 rings (SSSR count). The molecule has 1 unspecified atom stereocenters. The Kier molecular flexibility index (Phi) is 5.67. The van der Waals surface area contributed by atoms with Gasteiger partial charge in [0.25, 0.3) is 0 Å². The third kappa shape index (κ3) is 4.69. The summed E-state index contributed by atoms with van der Waals surface area (Å²) < 4.78 is 0. The van der Waals surface area contributed by atoms with E-state index in [2.05, 4.69) is 4.98 Å². The maximum Gasteiger partial charge on any atom is 0.327 e. The SMILES string of the molecule is CC(O)Cc1cccc(CN2CCN([C@H](C(=O)O)C(C)(C)C)C2=O)n1. The molecule has 0 saturated carbocycles. The number of nitrogens with zero attached hydrogens (tertiary/aromatic N) is 3. The highest BCUT2D eigenvalue weighted by Crippen LogP contribution is 2.28. The highest BCUT2D eigenvalue weighted by molar-refractivity contribution is 5.84. The van der Waals surface area contributed by atoms with E-state index >= 15 is 0 Å². The second kappa shape index (κ2) is 7.39. The monoisotopic (exact) mass is 349 g/mol. The van der Waals surface area contributed by atoms with Crippen molar-refractivity contribution in [2.45, 2.75) is 52.8 Å². The van der Waals surface area contributed by atoms with Crippen LogP contribution < -0.4 is 0 Å². The van der Waals surface area contributed by atoms with Gasteiger partial charge in [-0.3, -0.25) is 4.98 Å². The molecule has 7 nitrogen and oxygen atoms in total. The van der Waals surface area contributed by atoms with Crippen LogP contribution in [0.4, 0.5) is 4.79 Å². The fraction of sp³-hybridized carbons (Fsp3) is 0.611. The zero-order valence-electron chi connectivity index (χ0n) is 15.3. The zero-order chi connectivity index (χ0) is 18.8. The van der Waals surface area contributed by atoms with Gasteiger partial charge in [-0.05, 0) is 24.5 Å². The molecule has 0 bridgehead atoms. The summed E-state index contributed by atoms with van der Waals surface area (Å²) in [6, 6.07) is 4.39. The molecule has 138 valence electrons. The van der Waals surface area contributed by atoms with E-state index in [1.807, 2.05) is 39.0 Å². The van der Waals surface area contributed by atoms with Crippen molar-refractivity contribution in [1.82, 2.24) is 14.8 Å². The number of carbonyl (C=O) groups excluding carboxylic acids is 1. The van der Waals surface area contributed by atoms with Crippen molar-refractivity contribution in [3.63, 3.8) is 0 Å². The van der Waals surface area contributed by atoms with Crippen LogP contribution in [0.2, 0.25) is 0 Å². The van der Waals surface area contributed by atoms with Gasteiger partial charge in [0.2, 0.25) is 0 Å². The fourth-order valence-corrected chi connectivity index (χ4v) is 3.19. The fourth-order valence-electron chi connectivity index (χ4n) is 3.19. The number of aliphatic carboxylic acids is 1. The first kappa shape index (κ1) is 19.2. The molecule has 1 aliphatic rings. The minimum absolute atomic E-state index is 0.273. The molecule has 7 heteroatoms. The van der Waals surface area contributed by atoms with Crippen LogP contribution in [0, 0.1) is 5.41 Å². The predicted molar refractivity (Wildman–Crippen MR) is 93.0 cm³/mol. The Balaban J connectivity index is 2.11. The number of hydrogen-bond acceptors (Lipinski definition) is 4. The van der Waals surface area contributed by atoms with Crippen molar-refractivity contribution in [3.8, 4) is 0 Å². The summed E-state index contributed by atoms with van der Waals surface area (Å²) in [5.41, 5.74) is 0.956. The number of carboxylic acids is 1. The Morgan fingerprint density at radius 2 is 1.92 bits per heavy atom. The van der Waals surface area contributed by atoms with Crippen molar-refractivity contribution in [1.29, 1.82) is 0 Å². The lowest BCUT2D eigenvalue weighted by Crippen LogP contribution is -2.51. The van der Waals surface area contributed by atoms with E-state index < -0.39 is 23.5 Å². The van der Waals surface area contributed by atoms with Crippen molar-refractivity contribution in [2.24, 2.45) is 5.41 Å². The zero-order valence-corrected chi connectivity index (χ0v) is 15.3. The van der Waals surface area contributed by atoms with E-state index in [1.165, 1.54) is 4.90 Å². The molecule has 0 spiro atoms. The van der Waals surface area contributed by atoms with Crippen molar-refractivity contribution in [2.75, 3.05) is 13.1 Å². The van der Waals surface area contributed by atoms with Crippen LogP contribution in [0.1, 0.15) is 39.1 Å². The van der Waals surface area contributed by atoms with E-state index in [0.717, 1.165) is 11.4 Å². The molecule has 2 amide bonds. The smallest absolute Gasteiger partial charge is 0.327 e. The summed E-state index contributed by atoms with van der Waals surface area (Å²) in [6.07, 6.45) is -0.0197. The number of aliphatic hydroxyl groups is 1. The molecular formula is C18H27N3O4. The average molecular weight is 349 g/mol. The Hall–Kier alpha value is -2.15. The van der Waals surface area contributed by atoms with Gasteiger partial charge in [-0.15, -0.1) is 0 Å². The van der Waals surface area contributed by atoms with E-state index in [9.17, 15) is 19.8 Å². The number of urea groups is 1. The minimum Gasteiger partial charge on any atom is -0.480 e. The predicted octanol–water partition coefficient (Wildman–Crippen LogP) is 1.74. The normalized spacial score (nSPS) is 17.7. The van der Waals surface area contributed by atoms with Gasteiger partial charge in [-0.1, -0.05) is 26.8 Å². The first-order valence-corrected chi connectivity index (χ1v) is 8.51. The molecule has 1 aliphatic heterocycles. The maximum atomic E-state index is 12.7. The third-order valence-electron chi connectivity index (χ3n) is 4.21. The van der Waals surface area contributed by atoms with Crippen LogP contribution in [0.3, 0.4) is 0 Å². The lowest BCUT2D eigenvalue weighted by molar-refractivity contribution is -0.145. The summed E-state index contributed by atoms with van der Waals surface area (Å²) in [4.78, 5) is 31.9. The van der Waals surface area contributed by atoms with Crippen LogP contribution in [-0.4, -0.2) is 62.2 Å². The van der Waals surface area contributed by atoms with Crippen molar-refractivity contribution >= 4 is 12.0 Å². The van der Waals surface area contributed by atoms with Gasteiger partial charge in [0.1, 0.15) is 6.04 Å².